The Morgan fingerprint density at radius 2 is 1.36 bits per heavy atom. The number of rotatable bonds is 7. The van der Waals surface area contributed by atoms with E-state index in [0.29, 0.717) is 11.3 Å². The van der Waals surface area contributed by atoms with Crippen molar-refractivity contribution in [1.29, 1.82) is 0 Å². The number of carbonyl (C=O) groups is 4. The van der Waals surface area contributed by atoms with Crippen LogP contribution in [0.3, 0.4) is 0 Å². The van der Waals surface area contributed by atoms with Gasteiger partial charge < -0.3 is 18.9 Å². The third-order valence-corrected chi connectivity index (χ3v) is 2.87. The Kier molecular flexibility index (Phi) is 7.58. The summed E-state index contributed by atoms with van der Waals surface area (Å²) in [6, 6.07) is 6.11. The van der Waals surface area contributed by atoms with Gasteiger partial charge in [-0.05, 0) is 17.7 Å². The van der Waals surface area contributed by atoms with Gasteiger partial charge in [-0.1, -0.05) is 12.1 Å². The molecular formula is C17H20O8. The topological polar surface area (TPSA) is 105 Å². The van der Waals surface area contributed by atoms with Crippen LogP contribution in [0.5, 0.6) is 5.75 Å². The van der Waals surface area contributed by atoms with Crippen LogP contribution in [0.25, 0.3) is 0 Å². The molecule has 8 heteroatoms. The number of hydrogen-bond donors (Lipinski definition) is 0. The Labute approximate surface area is 145 Å². The highest BCUT2D eigenvalue weighted by atomic mass is 16.6. The molecule has 0 aromatic heterocycles. The van der Waals surface area contributed by atoms with Crippen molar-refractivity contribution in [3.05, 3.63) is 29.8 Å². The second-order valence-electron chi connectivity index (χ2n) is 5.14. The standard InChI is InChI=1S/C17H20O8/c1-10(18)22-9-16(24-12(3)20)17(25-13(4)21)14-5-7-15(8-6-14)23-11(2)19/h5-8,16-17H,9H2,1-4H3/t16-,17-/m0/s1. The van der Waals surface area contributed by atoms with Gasteiger partial charge in [-0.25, -0.2) is 0 Å². The molecule has 0 amide bonds. The highest BCUT2D eigenvalue weighted by molar-refractivity contribution is 5.69. The van der Waals surface area contributed by atoms with E-state index in [1.165, 1.54) is 39.8 Å². The largest absolute Gasteiger partial charge is 0.462 e. The Morgan fingerprint density at radius 3 is 1.80 bits per heavy atom. The highest BCUT2D eigenvalue weighted by Gasteiger charge is 2.30. The third kappa shape index (κ3) is 7.47. The fraction of sp³-hybridized carbons (Fsp3) is 0.412. The second-order valence-corrected chi connectivity index (χ2v) is 5.14. The van der Waals surface area contributed by atoms with Crippen LogP contribution in [0.2, 0.25) is 0 Å². The summed E-state index contributed by atoms with van der Waals surface area (Å²) in [7, 11) is 0. The van der Waals surface area contributed by atoms with Crippen LogP contribution in [0.4, 0.5) is 0 Å². The molecule has 2 atom stereocenters. The van der Waals surface area contributed by atoms with Gasteiger partial charge >= 0.3 is 23.9 Å². The summed E-state index contributed by atoms with van der Waals surface area (Å²) in [6.45, 7) is 4.59. The molecule has 0 saturated heterocycles. The summed E-state index contributed by atoms with van der Waals surface area (Å²) in [6.07, 6.45) is -2.02. The van der Waals surface area contributed by atoms with E-state index in [0.717, 1.165) is 0 Å². The zero-order valence-electron chi connectivity index (χ0n) is 14.4. The molecule has 0 saturated carbocycles. The lowest BCUT2D eigenvalue weighted by Gasteiger charge is -2.26. The van der Waals surface area contributed by atoms with Crippen molar-refractivity contribution in [2.24, 2.45) is 0 Å². The van der Waals surface area contributed by atoms with Crippen LogP contribution in [0, 0.1) is 0 Å². The van der Waals surface area contributed by atoms with Crippen molar-refractivity contribution in [3.63, 3.8) is 0 Å². The van der Waals surface area contributed by atoms with Crippen LogP contribution < -0.4 is 4.74 Å². The van der Waals surface area contributed by atoms with Crippen molar-refractivity contribution < 1.29 is 38.1 Å². The summed E-state index contributed by atoms with van der Waals surface area (Å²) in [5.74, 6) is -1.96. The summed E-state index contributed by atoms with van der Waals surface area (Å²) < 4.78 is 20.2. The molecule has 0 radical (unpaired) electrons. The minimum absolute atomic E-state index is 0.279. The fourth-order valence-electron chi connectivity index (χ4n) is 2.02. The lowest BCUT2D eigenvalue weighted by molar-refractivity contribution is -0.173. The van der Waals surface area contributed by atoms with Gasteiger partial charge in [0, 0.05) is 27.7 Å². The lowest BCUT2D eigenvalue weighted by Crippen LogP contribution is -2.32. The molecule has 1 aromatic rings. The van der Waals surface area contributed by atoms with Crippen molar-refractivity contribution in [1.82, 2.24) is 0 Å². The Bertz CT molecular complexity index is 635. The van der Waals surface area contributed by atoms with Gasteiger partial charge in [-0.15, -0.1) is 0 Å². The quantitative estimate of drug-likeness (QED) is 0.415. The van der Waals surface area contributed by atoms with Crippen molar-refractivity contribution in [3.8, 4) is 5.75 Å². The first-order chi connectivity index (χ1) is 11.7. The van der Waals surface area contributed by atoms with Gasteiger partial charge in [0.05, 0.1) is 0 Å². The zero-order chi connectivity index (χ0) is 19.0. The monoisotopic (exact) mass is 352 g/mol. The van der Waals surface area contributed by atoms with Gasteiger partial charge in [0.15, 0.2) is 12.2 Å². The smallest absolute Gasteiger partial charge is 0.308 e. The van der Waals surface area contributed by atoms with E-state index in [1.807, 2.05) is 0 Å². The molecule has 1 aromatic carbocycles. The predicted molar refractivity (Wildman–Crippen MR) is 84.4 cm³/mol. The molecule has 0 bridgehead atoms. The minimum Gasteiger partial charge on any atom is -0.462 e. The average molecular weight is 352 g/mol. The average Bonchev–Trinajstić information content (AvgIpc) is 2.49. The maximum absolute atomic E-state index is 11.4. The molecule has 0 spiro atoms. The fourth-order valence-corrected chi connectivity index (χ4v) is 2.02. The molecule has 0 unspecified atom stereocenters. The Morgan fingerprint density at radius 1 is 0.800 bits per heavy atom. The molecule has 0 aliphatic rings. The number of benzene rings is 1. The van der Waals surface area contributed by atoms with Crippen molar-refractivity contribution in [2.75, 3.05) is 6.61 Å². The third-order valence-electron chi connectivity index (χ3n) is 2.87. The molecule has 8 nitrogen and oxygen atoms in total. The number of hydrogen-bond acceptors (Lipinski definition) is 8. The molecular weight excluding hydrogens is 332 g/mol. The summed E-state index contributed by atoms with van der Waals surface area (Å²) in [4.78, 5) is 44.8. The summed E-state index contributed by atoms with van der Waals surface area (Å²) in [5, 5.41) is 0. The highest BCUT2D eigenvalue weighted by Crippen LogP contribution is 2.26. The van der Waals surface area contributed by atoms with E-state index in [4.69, 9.17) is 18.9 Å². The van der Waals surface area contributed by atoms with Crippen molar-refractivity contribution >= 4 is 23.9 Å². The van der Waals surface area contributed by atoms with E-state index < -0.39 is 36.1 Å². The molecule has 0 fully saturated rings. The molecule has 25 heavy (non-hydrogen) atoms. The van der Waals surface area contributed by atoms with E-state index in [-0.39, 0.29) is 6.61 Å². The summed E-state index contributed by atoms with van der Waals surface area (Å²) in [5.41, 5.74) is 0.476. The van der Waals surface area contributed by atoms with Crippen LogP contribution in [-0.4, -0.2) is 36.6 Å². The Balaban J connectivity index is 3.09. The minimum atomic E-state index is -1.02. The first kappa shape index (κ1) is 20.1. The van der Waals surface area contributed by atoms with E-state index in [2.05, 4.69) is 0 Å². The van der Waals surface area contributed by atoms with Gasteiger partial charge in [0.2, 0.25) is 0 Å². The lowest BCUT2D eigenvalue weighted by atomic mass is 10.0. The molecule has 0 aliphatic carbocycles. The maximum Gasteiger partial charge on any atom is 0.308 e. The first-order valence-electron chi connectivity index (χ1n) is 7.45. The maximum atomic E-state index is 11.4. The summed E-state index contributed by atoms with van der Waals surface area (Å²) >= 11 is 0. The van der Waals surface area contributed by atoms with Crippen molar-refractivity contribution in [2.45, 2.75) is 39.9 Å². The van der Waals surface area contributed by atoms with Crippen LogP contribution in [-0.2, 0) is 33.4 Å². The van der Waals surface area contributed by atoms with Gasteiger partial charge in [0.25, 0.3) is 0 Å². The van der Waals surface area contributed by atoms with E-state index in [1.54, 1.807) is 12.1 Å². The number of ether oxygens (including phenoxy) is 4. The van der Waals surface area contributed by atoms with E-state index in [9.17, 15) is 19.2 Å². The zero-order valence-corrected chi connectivity index (χ0v) is 14.4. The normalized spacial score (nSPS) is 12.5. The Hall–Kier alpha value is -2.90. The predicted octanol–water partition coefficient (Wildman–Crippen LogP) is 1.71. The number of carbonyl (C=O) groups excluding carboxylic acids is 4. The second kappa shape index (κ2) is 9.41. The van der Waals surface area contributed by atoms with Gasteiger partial charge in [0.1, 0.15) is 12.4 Å². The van der Waals surface area contributed by atoms with Gasteiger partial charge in [-0.2, -0.15) is 0 Å². The molecule has 1 rings (SSSR count). The molecule has 0 N–H and O–H groups in total. The SMILES string of the molecule is CC(=O)OC[C@H](OC(C)=O)[C@@H](OC(C)=O)c1ccc(OC(C)=O)cc1. The molecule has 136 valence electrons. The van der Waals surface area contributed by atoms with Crippen LogP contribution in [0.1, 0.15) is 39.4 Å². The number of esters is 4. The van der Waals surface area contributed by atoms with Crippen LogP contribution in [0.15, 0.2) is 24.3 Å². The van der Waals surface area contributed by atoms with Crippen LogP contribution >= 0.6 is 0 Å². The molecule has 0 aliphatic heterocycles. The van der Waals surface area contributed by atoms with E-state index >= 15 is 0 Å². The molecule has 0 heterocycles. The van der Waals surface area contributed by atoms with Gasteiger partial charge in [-0.3, -0.25) is 19.2 Å². The first-order valence-corrected chi connectivity index (χ1v) is 7.45.